The first kappa shape index (κ1) is 24.8. The van der Waals surface area contributed by atoms with Gasteiger partial charge in [0, 0.05) is 29.7 Å². The Bertz CT molecular complexity index is 1230. The number of halogens is 1. The summed E-state index contributed by atoms with van der Waals surface area (Å²) in [6, 6.07) is 18.7. The van der Waals surface area contributed by atoms with Crippen molar-refractivity contribution in [3.63, 3.8) is 0 Å². The van der Waals surface area contributed by atoms with Crippen LogP contribution in [0, 0.1) is 6.92 Å². The normalized spacial score (nSPS) is 12.4. The zero-order chi connectivity index (χ0) is 24.2. The fourth-order valence-corrected chi connectivity index (χ4v) is 4.65. The second kappa shape index (κ2) is 10.4. The van der Waals surface area contributed by atoms with Crippen LogP contribution in [0.25, 0.3) is 0 Å². The van der Waals surface area contributed by atoms with Gasteiger partial charge in [0.2, 0.25) is 10.0 Å². The lowest BCUT2D eigenvalue weighted by molar-refractivity contribution is 0.0939. The van der Waals surface area contributed by atoms with Crippen molar-refractivity contribution in [2.24, 2.45) is 0 Å². The number of carbonyl (C=O) groups is 1. The van der Waals surface area contributed by atoms with E-state index in [-0.39, 0.29) is 23.4 Å². The summed E-state index contributed by atoms with van der Waals surface area (Å²) in [5, 5.41) is 3.58. The summed E-state index contributed by atoms with van der Waals surface area (Å²) in [6.45, 7) is 3.83. The number of nitrogens with zero attached hydrogens (tertiary/aromatic N) is 1. The summed E-state index contributed by atoms with van der Waals surface area (Å²) in [6.07, 6.45) is 0. The van der Waals surface area contributed by atoms with Gasteiger partial charge in [-0.05, 0) is 61.9 Å². The third kappa shape index (κ3) is 5.93. The number of methoxy groups -OCH3 is 1. The molecule has 8 heteroatoms. The van der Waals surface area contributed by atoms with Crippen molar-refractivity contribution in [2.75, 3.05) is 14.2 Å². The lowest BCUT2D eigenvalue weighted by Gasteiger charge is -2.20. The first-order valence-electron chi connectivity index (χ1n) is 10.4. The van der Waals surface area contributed by atoms with E-state index in [4.69, 9.17) is 16.3 Å². The van der Waals surface area contributed by atoms with Crippen LogP contribution in [-0.2, 0) is 16.6 Å². The van der Waals surface area contributed by atoms with Gasteiger partial charge < -0.3 is 10.1 Å². The number of hydrogen-bond acceptors (Lipinski definition) is 4. The molecule has 0 aliphatic carbocycles. The molecule has 0 fully saturated rings. The molecular formula is C25H27ClN2O4S. The van der Waals surface area contributed by atoms with E-state index in [2.05, 4.69) is 5.32 Å². The van der Waals surface area contributed by atoms with Gasteiger partial charge in [-0.25, -0.2) is 8.42 Å². The zero-order valence-corrected chi connectivity index (χ0v) is 20.6. The van der Waals surface area contributed by atoms with Crippen LogP contribution in [0.4, 0.5) is 0 Å². The van der Waals surface area contributed by atoms with Crippen LogP contribution in [0.3, 0.4) is 0 Å². The number of carbonyl (C=O) groups excluding carboxylic acids is 1. The summed E-state index contributed by atoms with van der Waals surface area (Å²) >= 11 is 5.94. The fourth-order valence-electron chi connectivity index (χ4n) is 3.37. The Morgan fingerprint density at radius 3 is 2.30 bits per heavy atom. The first-order valence-corrected chi connectivity index (χ1v) is 12.2. The maximum atomic E-state index is 13.0. The molecule has 0 heterocycles. The van der Waals surface area contributed by atoms with E-state index in [0.717, 1.165) is 11.1 Å². The smallest absolute Gasteiger partial charge is 0.251 e. The molecule has 174 valence electrons. The molecule has 0 aromatic heterocycles. The second-order valence-corrected chi connectivity index (χ2v) is 10.3. The number of sulfonamides is 1. The molecule has 0 aliphatic heterocycles. The molecule has 3 aromatic rings. The highest BCUT2D eigenvalue weighted by atomic mass is 35.5. The fraction of sp³-hybridized carbons (Fsp3) is 0.240. The van der Waals surface area contributed by atoms with Crippen molar-refractivity contribution in [1.82, 2.24) is 9.62 Å². The van der Waals surface area contributed by atoms with Gasteiger partial charge in [0.05, 0.1) is 18.0 Å². The molecule has 0 saturated heterocycles. The Morgan fingerprint density at radius 2 is 1.70 bits per heavy atom. The molecule has 0 saturated carbocycles. The van der Waals surface area contributed by atoms with E-state index in [1.54, 1.807) is 54.6 Å². The van der Waals surface area contributed by atoms with Gasteiger partial charge >= 0.3 is 0 Å². The molecular weight excluding hydrogens is 460 g/mol. The molecule has 0 bridgehead atoms. The minimum absolute atomic E-state index is 0.0489. The van der Waals surface area contributed by atoms with Gasteiger partial charge in [-0.2, -0.15) is 4.31 Å². The molecule has 3 rings (SSSR count). The van der Waals surface area contributed by atoms with E-state index in [1.807, 2.05) is 26.0 Å². The SMILES string of the molecule is COc1ccc(C(=O)NC(C)c2ccc(Cl)cc2)cc1CN(C)S(=O)(=O)c1ccc(C)cc1. The third-order valence-electron chi connectivity index (χ3n) is 5.38. The van der Waals surface area contributed by atoms with Crippen molar-refractivity contribution in [3.8, 4) is 5.75 Å². The molecule has 1 N–H and O–H groups in total. The molecule has 0 radical (unpaired) electrons. The maximum absolute atomic E-state index is 13.0. The van der Waals surface area contributed by atoms with Gasteiger partial charge in [0.15, 0.2) is 0 Å². The van der Waals surface area contributed by atoms with E-state index < -0.39 is 10.0 Å². The molecule has 3 aromatic carbocycles. The number of amides is 1. The largest absolute Gasteiger partial charge is 0.496 e. The maximum Gasteiger partial charge on any atom is 0.251 e. The summed E-state index contributed by atoms with van der Waals surface area (Å²) in [5.74, 6) is 0.230. The van der Waals surface area contributed by atoms with E-state index >= 15 is 0 Å². The van der Waals surface area contributed by atoms with Crippen LogP contribution >= 0.6 is 11.6 Å². The average molecular weight is 487 g/mol. The summed E-state index contributed by atoms with van der Waals surface area (Å²) in [7, 11) is -0.691. The molecule has 1 atom stereocenters. The zero-order valence-electron chi connectivity index (χ0n) is 19.0. The van der Waals surface area contributed by atoms with Gasteiger partial charge in [-0.15, -0.1) is 0 Å². The van der Waals surface area contributed by atoms with Gasteiger partial charge in [0.25, 0.3) is 5.91 Å². The predicted molar refractivity (Wildman–Crippen MR) is 130 cm³/mol. The first-order chi connectivity index (χ1) is 15.6. The molecule has 1 amide bonds. The van der Waals surface area contributed by atoms with Crippen molar-refractivity contribution in [1.29, 1.82) is 0 Å². The number of aryl methyl sites for hydroxylation is 1. The molecule has 1 unspecified atom stereocenters. The number of hydrogen-bond donors (Lipinski definition) is 1. The van der Waals surface area contributed by atoms with Crippen LogP contribution < -0.4 is 10.1 Å². The number of ether oxygens (including phenoxy) is 1. The number of benzene rings is 3. The second-order valence-electron chi connectivity index (χ2n) is 7.85. The minimum Gasteiger partial charge on any atom is -0.496 e. The highest BCUT2D eigenvalue weighted by Gasteiger charge is 2.23. The van der Waals surface area contributed by atoms with Gasteiger partial charge in [-0.3, -0.25) is 4.79 Å². The van der Waals surface area contributed by atoms with Crippen LogP contribution in [-0.4, -0.2) is 32.8 Å². The van der Waals surface area contributed by atoms with Crippen LogP contribution in [0.15, 0.2) is 71.6 Å². The monoisotopic (exact) mass is 486 g/mol. The topological polar surface area (TPSA) is 75.7 Å². The van der Waals surface area contributed by atoms with Crippen LogP contribution in [0.5, 0.6) is 5.75 Å². The Morgan fingerprint density at radius 1 is 1.06 bits per heavy atom. The lowest BCUT2D eigenvalue weighted by Crippen LogP contribution is -2.28. The molecule has 0 spiro atoms. The molecule has 0 aliphatic rings. The lowest BCUT2D eigenvalue weighted by atomic mass is 10.1. The Balaban J connectivity index is 1.80. The van der Waals surface area contributed by atoms with Crippen molar-refractivity contribution in [2.45, 2.75) is 31.3 Å². The minimum atomic E-state index is -3.70. The van der Waals surface area contributed by atoms with Crippen molar-refractivity contribution >= 4 is 27.5 Å². The summed E-state index contributed by atoms with van der Waals surface area (Å²) in [5.41, 5.74) is 2.89. The van der Waals surface area contributed by atoms with Gasteiger partial charge in [0.1, 0.15) is 5.75 Å². The predicted octanol–water partition coefficient (Wildman–Crippen LogP) is 4.97. The Kier molecular flexibility index (Phi) is 7.79. The van der Waals surface area contributed by atoms with Gasteiger partial charge in [-0.1, -0.05) is 41.4 Å². The average Bonchev–Trinajstić information content (AvgIpc) is 2.79. The number of nitrogens with one attached hydrogen (secondary N) is 1. The van der Waals surface area contributed by atoms with Crippen LogP contribution in [0.2, 0.25) is 5.02 Å². The molecule has 33 heavy (non-hydrogen) atoms. The third-order valence-corrected chi connectivity index (χ3v) is 7.45. The van der Waals surface area contributed by atoms with E-state index in [9.17, 15) is 13.2 Å². The Hall–Kier alpha value is -2.87. The van der Waals surface area contributed by atoms with Crippen molar-refractivity contribution < 1.29 is 17.9 Å². The van der Waals surface area contributed by atoms with E-state index in [0.29, 0.717) is 21.9 Å². The quantitative estimate of drug-likeness (QED) is 0.487. The highest BCUT2D eigenvalue weighted by Crippen LogP contribution is 2.25. The van der Waals surface area contributed by atoms with Crippen LogP contribution in [0.1, 0.15) is 40.0 Å². The van der Waals surface area contributed by atoms with Crippen molar-refractivity contribution in [3.05, 3.63) is 94.0 Å². The number of rotatable bonds is 8. The summed E-state index contributed by atoms with van der Waals surface area (Å²) in [4.78, 5) is 13.1. The standard InChI is InChI=1S/C25H27ClN2O4S/c1-17-5-12-23(13-6-17)33(30,31)28(3)16-21-15-20(9-14-24(21)32-4)25(29)27-18(2)19-7-10-22(26)11-8-19/h5-15,18H,16H2,1-4H3,(H,27,29). The Labute approximate surface area is 200 Å². The highest BCUT2D eigenvalue weighted by molar-refractivity contribution is 7.89. The summed E-state index contributed by atoms with van der Waals surface area (Å²) < 4.78 is 32.6. The molecule has 6 nitrogen and oxygen atoms in total. The van der Waals surface area contributed by atoms with E-state index in [1.165, 1.54) is 18.5 Å².